The molecule has 208 valence electrons. The summed E-state index contributed by atoms with van der Waals surface area (Å²) < 4.78 is 14.0. The molecule has 0 amide bonds. The molecule has 0 atom stereocenters. The lowest BCUT2D eigenvalue weighted by Gasteiger charge is -2.52. The zero-order chi connectivity index (χ0) is 28.9. The van der Waals surface area contributed by atoms with Crippen LogP contribution in [0.5, 0.6) is 0 Å². The van der Waals surface area contributed by atoms with Crippen LogP contribution in [0.2, 0.25) is 105 Å². The van der Waals surface area contributed by atoms with Crippen LogP contribution < -0.4 is 41.5 Å². The fraction of sp³-hybridized carbons (Fsp3) is 0.571. The Morgan fingerprint density at radius 2 is 0.447 bits per heavy atom. The third kappa shape index (κ3) is 3.67. The molecule has 0 aromatic heterocycles. The minimum Gasteiger partial charge on any atom is -0.449 e. The normalized spacial score (nSPS) is 27.4. The van der Waals surface area contributed by atoms with Crippen molar-refractivity contribution in [2.75, 3.05) is 0 Å². The van der Waals surface area contributed by atoms with E-state index in [4.69, 9.17) is 8.23 Å². The Morgan fingerprint density at radius 1 is 0.289 bits per heavy atom. The Kier molecular flexibility index (Phi) is 6.17. The summed E-state index contributed by atoms with van der Waals surface area (Å²) in [5.41, 5.74) is 0. The minimum atomic E-state index is -1.88. The lowest BCUT2D eigenvalue weighted by atomic mass is 10.3. The molecule has 2 nitrogen and oxygen atoms in total. The fourth-order valence-corrected chi connectivity index (χ4v) is 52.6. The number of fused-ring (bicyclic) bond motifs is 4. The Bertz CT molecular complexity index is 1180. The quantitative estimate of drug-likeness (QED) is 0.411. The molecule has 10 heteroatoms. The van der Waals surface area contributed by atoms with E-state index >= 15 is 0 Å². The molecule has 0 unspecified atom stereocenters. The predicted octanol–water partition coefficient (Wildman–Crippen LogP) is 2.93. The van der Waals surface area contributed by atoms with E-state index in [1.807, 2.05) is 20.7 Å². The molecule has 0 bridgehead atoms. The maximum Gasteiger partial charge on any atom is 0.206 e. The fourth-order valence-electron chi connectivity index (χ4n) is 8.10. The van der Waals surface area contributed by atoms with Crippen LogP contribution in [-0.4, -0.2) is 63.6 Å². The Balaban J connectivity index is 1.92. The van der Waals surface area contributed by atoms with E-state index in [-0.39, 0.29) is 0 Å². The van der Waals surface area contributed by atoms with Crippen LogP contribution >= 0.6 is 0 Å². The van der Waals surface area contributed by atoms with Gasteiger partial charge < -0.3 is 8.23 Å². The molecule has 2 aromatic rings. The second kappa shape index (κ2) is 7.92. The van der Waals surface area contributed by atoms with Gasteiger partial charge in [-0.2, -0.15) is 0 Å². The highest BCUT2D eigenvalue weighted by Crippen LogP contribution is 2.30. The van der Waals surface area contributed by atoms with Gasteiger partial charge in [0.1, 0.15) is 0 Å². The summed E-state index contributed by atoms with van der Waals surface area (Å²) in [7, 11) is -14.8. The highest BCUT2D eigenvalue weighted by molar-refractivity contribution is 7.57. The van der Waals surface area contributed by atoms with E-state index in [0.717, 1.165) is 0 Å². The summed E-state index contributed by atoms with van der Waals surface area (Å²) in [5, 5.41) is 13.9. The second-order valence-electron chi connectivity index (χ2n) is 16.6. The summed E-state index contributed by atoms with van der Waals surface area (Å²) in [6, 6.07) is 11.1. The Labute approximate surface area is 241 Å². The summed E-state index contributed by atoms with van der Waals surface area (Å²) in [4.78, 5) is 0. The van der Waals surface area contributed by atoms with Crippen molar-refractivity contribution < 1.29 is 8.23 Å². The van der Waals surface area contributed by atoms with Crippen molar-refractivity contribution in [3.05, 3.63) is 24.3 Å². The molecule has 0 spiro atoms. The average Bonchev–Trinajstić information content (AvgIpc) is 3.05. The third-order valence-corrected chi connectivity index (χ3v) is 63.0. The largest absolute Gasteiger partial charge is 0.449 e. The van der Waals surface area contributed by atoms with Crippen LogP contribution in [-0.2, 0) is 8.23 Å². The van der Waals surface area contributed by atoms with Crippen molar-refractivity contribution in [3.8, 4) is 0 Å². The van der Waals surface area contributed by atoms with Gasteiger partial charge in [-0.15, -0.1) is 0 Å². The zero-order valence-corrected chi connectivity index (χ0v) is 35.1. The molecular formula is C28H52O2Si8. The molecule has 38 heavy (non-hydrogen) atoms. The molecule has 0 aliphatic carbocycles. The van der Waals surface area contributed by atoms with E-state index in [0.29, 0.717) is 0 Å². The molecular weight excluding hydrogens is 593 g/mol. The van der Waals surface area contributed by atoms with Gasteiger partial charge in [-0.1, -0.05) is 97.4 Å². The van der Waals surface area contributed by atoms with Crippen molar-refractivity contribution in [3.63, 3.8) is 0 Å². The average molecular weight is 645 g/mol. The first kappa shape index (κ1) is 29.6. The van der Waals surface area contributed by atoms with Gasteiger partial charge in [0, 0.05) is 0 Å². The van der Waals surface area contributed by atoms with Crippen molar-refractivity contribution in [1.82, 2.24) is 0 Å². The van der Waals surface area contributed by atoms with Gasteiger partial charge >= 0.3 is 0 Å². The highest BCUT2D eigenvalue weighted by atomic mass is 29.3. The van der Waals surface area contributed by atoms with E-state index in [9.17, 15) is 0 Å². The van der Waals surface area contributed by atoms with Crippen molar-refractivity contribution in [1.29, 1.82) is 0 Å². The van der Waals surface area contributed by atoms with E-state index in [1.54, 1.807) is 20.7 Å². The lowest BCUT2D eigenvalue weighted by molar-refractivity contribution is 0.582. The van der Waals surface area contributed by atoms with Crippen LogP contribution in [0.1, 0.15) is 0 Å². The first-order valence-corrected chi connectivity index (χ1v) is 40.3. The Hall–Kier alpha value is 0.0951. The van der Waals surface area contributed by atoms with Crippen molar-refractivity contribution in [2.45, 2.75) is 105 Å². The zero-order valence-electron chi connectivity index (χ0n) is 27.1. The molecule has 3 heterocycles. The topological polar surface area (TPSA) is 18.5 Å². The van der Waals surface area contributed by atoms with Gasteiger partial charge in [-0.05, 0) is 73.1 Å². The van der Waals surface area contributed by atoms with Crippen molar-refractivity contribution in [2.24, 2.45) is 0 Å². The first-order chi connectivity index (χ1) is 16.8. The first-order valence-electron chi connectivity index (χ1n) is 14.6. The summed E-state index contributed by atoms with van der Waals surface area (Å²) in [6.07, 6.45) is 0. The van der Waals surface area contributed by atoms with E-state index in [1.165, 1.54) is 0 Å². The minimum absolute atomic E-state index is 1.65. The predicted molar refractivity (Wildman–Crippen MR) is 192 cm³/mol. The van der Waals surface area contributed by atoms with E-state index < -0.39 is 63.6 Å². The van der Waals surface area contributed by atoms with Crippen LogP contribution in [0.4, 0.5) is 0 Å². The standard InChI is InChI=1S/C28H52O2Si8/c1-31(2)21-17-25-26(18-22(21)32(3,4)29-31)36(11,12)38(15,16)28-20-24-23(33(5,6)30-34(24,7)8)19-27(28)37(13,14)35(25,9)10/h17-20H,1-16H3. The third-order valence-electron chi connectivity index (χ3n) is 11.7. The SMILES string of the molecule is C[Si]1(C)O[Si](C)(C)c2cc3c(cc21)[Si](C)(C)[Si](C)(C)c1cc2c(cc1[Si](C)(C)[Si]3(C)C)[Si](C)(C)O[Si]2(C)C. The van der Waals surface area contributed by atoms with Crippen LogP contribution in [0.3, 0.4) is 0 Å². The van der Waals surface area contributed by atoms with Gasteiger partial charge in [0.15, 0.2) is 0 Å². The smallest absolute Gasteiger partial charge is 0.206 e. The monoisotopic (exact) mass is 644 g/mol. The van der Waals surface area contributed by atoms with Crippen LogP contribution in [0.25, 0.3) is 0 Å². The maximum absolute atomic E-state index is 7.02. The number of rotatable bonds is 0. The van der Waals surface area contributed by atoms with Gasteiger partial charge in [-0.3, -0.25) is 0 Å². The second-order valence-corrected chi connectivity index (χ2v) is 62.7. The lowest BCUT2D eigenvalue weighted by Crippen LogP contribution is -2.86. The van der Waals surface area contributed by atoms with Gasteiger partial charge in [-0.25, -0.2) is 0 Å². The number of benzene rings is 2. The molecule has 5 rings (SSSR count). The molecule has 0 N–H and O–H groups in total. The van der Waals surface area contributed by atoms with Gasteiger partial charge in [0.25, 0.3) is 0 Å². The van der Waals surface area contributed by atoms with Gasteiger partial charge in [0.2, 0.25) is 33.3 Å². The highest BCUT2D eigenvalue weighted by Gasteiger charge is 2.58. The summed E-state index contributed by atoms with van der Waals surface area (Å²) in [6.45, 7) is 41.6. The molecule has 0 saturated heterocycles. The van der Waals surface area contributed by atoms with Gasteiger partial charge in [0.05, 0.1) is 30.4 Å². The molecule has 3 aliphatic heterocycles. The summed E-state index contributed by atoms with van der Waals surface area (Å²) >= 11 is 0. The molecule has 0 fully saturated rings. The Morgan fingerprint density at radius 3 is 0.605 bits per heavy atom. The van der Waals surface area contributed by atoms with E-state index in [2.05, 4.69) is 129 Å². The molecule has 3 aliphatic rings. The number of hydrogen-bond donors (Lipinski definition) is 0. The molecule has 0 saturated carbocycles. The summed E-state index contributed by atoms with van der Waals surface area (Å²) in [5.74, 6) is 0. The van der Waals surface area contributed by atoms with Crippen LogP contribution in [0, 0.1) is 0 Å². The maximum atomic E-state index is 7.02. The molecule has 0 radical (unpaired) electrons. The van der Waals surface area contributed by atoms with Crippen molar-refractivity contribution >= 4 is 105 Å². The number of hydrogen-bond acceptors (Lipinski definition) is 2. The van der Waals surface area contributed by atoms with Crippen LogP contribution in [0.15, 0.2) is 24.3 Å². The molecule has 2 aromatic carbocycles.